The van der Waals surface area contributed by atoms with Gasteiger partial charge in [0.1, 0.15) is 5.76 Å². The fourth-order valence-corrected chi connectivity index (χ4v) is 4.60. The number of carbonyl (C=O) groups is 2. The van der Waals surface area contributed by atoms with Crippen LogP contribution in [-0.4, -0.2) is 21.7 Å². The summed E-state index contributed by atoms with van der Waals surface area (Å²) in [6, 6.07) is 15.3. The van der Waals surface area contributed by atoms with E-state index in [4.69, 9.17) is 23.2 Å². The van der Waals surface area contributed by atoms with Gasteiger partial charge < -0.3 is 10.0 Å². The highest BCUT2D eigenvalue weighted by atomic mass is 35.5. The lowest BCUT2D eigenvalue weighted by Crippen LogP contribution is -2.28. The highest BCUT2D eigenvalue weighted by Gasteiger charge is 2.46. The van der Waals surface area contributed by atoms with Gasteiger partial charge in [-0.25, -0.2) is 0 Å². The van der Waals surface area contributed by atoms with E-state index in [9.17, 15) is 14.7 Å². The van der Waals surface area contributed by atoms with E-state index in [1.807, 2.05) is 48.7 Å². The quantitative estimate of drug-likeness (QED) is 0.297. The number of nitrogens with zero attached hydrogens (tertiary/aromatic N) is 1. The molecular formula is C23H17Cl2NO3S. The number of Topliss-reactive ketones (excluding diaryl/α,β-unsaturated/α-hetero) is 1. The monoisotopic (exact) mass is 457 g/mol. The minimum Gasteiger partial charge on any atom is -0.507 e. The van der Waals surface area contributed by atoms with Crippen molar-refractivity contribution in [3.8, 4) is 0 Å². The molecule has 1 N–H and O–H groups in total. The molecular weight excluding hydrogens is 441 g/mol. The Hall–Kier alpha value is -2.60. The zero-order valence-corrected chi connectivity index (χ0v) is 18.3. The molecule has 4 rings (SSSR count). The Morgan fingerprint density at radius 2 is 1.87 bits per heavy atom. The number of aliphatic hydroxyl groups is 1. The van der Waals surface area contributed by atoms with Crippen molar-refractivity contribution < 1.29 is 14.7 Å². The maximum absolute atomic E-state index is 13.0. The summed E-state index contributed by atoms with van der Waals surface area (Å²) < 4.78 is 0. The van der Waals surface area contributed by atoms with Crippen LogP contribution >= 0.6 is 34.5 Å². The summed E-state index contributed by atoms with van der Waals surface area (Å²) in [5.41, 5.74) is 2.12. The molecule has 1 aliphatic rings. The average molecular weight is 458 g/mol. The lowest BCUT2D eigenvalue weighted by molar-refractivity contribution is -0.140. The second kappa shape index (κ2) is 8.26. The van der Waals surface area contributed by atoms with Gasteiger partial charge in [-0.1, -0.05) is 59.1 Å². The number of halogens is 2. The topological polar surface area (TPSA) is 57.6 Å². The van der Waals surface area contributed by atoms with Crippen LogP contribution in [0.15, 0.2) is 65.6 Å². The second-order valence-corrected chi connectivity index (χ2v) is 8.90. The van der Waals surface area contributed by atoms with Gasteiger partial charge in [0.2, 0.25) is 0 Å². The van der Waals surface area contributed by atoms with Crippen LogP contribution in [0.5, 0.6) is 0 Å². The van der Waals surface area contributed by atoms with Gasteiger partial charge in [0.15, 0.2) is 0 Å². The summed E-state index contributed by atoms with van der Waals surface area (Å²) in [4.78, 5) is 28.4. The molecule has 1 fully saturated rings. The van der Waals surface area contributed by atoms with Gasteiger partial charge in [-0.15, -0.1) is 11.3 Å². The van der Waals surface area contributed by atoms with Gasteiger partial charge in [0, 0.05) is 10.4 Å². The molecule has 1 saturated heterocycles. The summed E-state index contributed by atoms with van der Waals surface area (Å²) in [5, 5.41) is 13.6. The first kappa shape index (κ1) is 20.7. The van der Waals surface area contributed by atoms with Crippen LogP contribution in [0.1, 0.15) is 27.6 Å². The number of rotatable bonds is 4. The standard InChI is InChI=1S/C23H17Cl2NO3S/c1-13-4-2-5-14(10-13)20-19(21(27)15-7-8-17(24)18(25)11-15)22(28)23(29)26(20)12-16-6-3-9-30-16/h2-11,20,27H,12H2,1H3/b21-19-. The molecule has 0 spiro atoms. The SMILES string of the molecule is Cc1cccc(C2/C(=C(/O)c3ccc(Cl)c(Cl)c3)C(=O)C(=O)N2Cc2cccs2)c1. The van der Waals surface area contributed by atoms with E-state index in [1.54, 1.807) is 12.1 Å². The van der Waals surface area contributed by atoms with E-state index in [2.05, 4.69) is 0 Å². The molecule has 0 bridgehead atoms. The fourth-order valence-electron chi connectivity index (χ4n) is 3.60. The smallest absolute Gasteiger partial charge is 0.295 e. The van der Waals surface area contributed by atoms with E-state index in [0.29, 0.717) is 10.6 Å². The van der Waals surface area contributed by atoms with Gasteiger partial charge in [-0.3, -0.25) is 9.59 Å². The van der Waals surface area contributed by atoms with E-state index >= 15 is 0 Å². The van der Waals surface area contributed by atoms with Gasteiger partial charge >= 0.3 is 0 Å². The van der Waals surface area contributed by atoms with E-state index in [-0.39, 0.29) is 22.9 Å². The van der Waals surface area contributed by atoms with Crippen LogP contribution < -0.4 is 0 Å². The highest BCUT2D eigenvalue weighted by molar-refractivity contribution is 7.09. The molecule has 30 heavy (non-hydrogen) atoms. The Bertz CT molecular complexity index is 1170. The molecule has 2 heterocycles. The van der Waals surface area contributed by atoms with Crippen molar-refractivity contribution in [3.05, 3.63) is 97.2 Å². The van der Waals surface area contributed by atoms with Gasteiger partial charge in [-0.2, -0.15) is 0 Å². The first-order valence-corrected chi connectivity index (χ1v) is 10.8. The Morgan fingerprint density at radius 3 is 2.53 bits per heavy atom. The predicted molar refractivity (Wildman–Crippen MR) is 120 cm³/mol. The molecule has 7 heteroatoms. The number of aryl methyl sites for hydroxylation is 1. The maximum Gasteiger partial charge on any atom is 0.295 e. The predicted octanol–water partition coefficient (Wildman–Crippen LogP) is 5.99. The highest BCUT2D eigenvalue weighted by Crippen LogP contribution is 2.41. The van der Waals surface area contributed by atoms with Crippen LogP contribution in [0.4, 0.5) is 0 Å². The molecule has 0 aliphatic carbocycles. The Labute approximate surface area is 188 Å². The number of hydrogen-bond acceptors (Lipinski definition) is 4. The van der Waals surface area contributed by atoms with Crippen LogP contribution in [0.2, 0.25) is 10.0 Å². The molecule has 0 saturated carbocycles. The lowest BCUT2D eigenvalue weighted by Gasteiger charge is -2.25. The zero-order valence-electron chi connectivity index (χ0n) is 15.9. The van der Waals surface area contributed by atoms with E-state index in [1.165, 1.54) is 22.3 Å². The largest absolute Gasteiger partial charge is 0.507 e. The Kier molecular flexibility index (Phi) is 5.69. The number of thiophene rings is 1. The lowest BCUT2D eigenvalue weighted by atomic mass is 9.94. The van der Waals surface area contributed by atoms with Gasteiger partial charge in [-0.05, 0) is 42.1 Å². The molecule has 0 radical (unpaired) electrons. The van der Waals surface area contributed by atoms with Crippen molar-refractivity contribution in [2.45, 2.75) is 19.5 Å². The first-order chi connectivity index (χ1) is 14.4. The molecule has 4 nitrogen and oxygen atoms in total. The molecule has 1 atom stereocenters. The Morgan fingerprint density at radius 1 is 1.07 bits per heavy atom. The van der Waals surface area contributed by atoms with Crippen molar-refractivity contribution in [2.75, 3.05) is 0 Å². The average Bonchev–Trinajstić information content (AvgIpc) is 3.32. The third-order valence-corrected chi connectivity index (χ3v) is 6.60. The van der Waals surface area contributed by atoms with Crippen LogP contribution in [0.3, 0.4) is 0 Å². The van der Waals surface area contributed by atoms with Crippen molar-refractivity contribution in [2.24, 2.45) is 0 Å². The van der Waals surface area contributed by atoms with Gasteiger partial charge in [0.05, 0.1) is 28.2 Å². The van der Waals surface area contributed by atoms with Crippen molar-refractivity contribution in [1.82, 2.24) is 4.90 Å². The number of hydrogen-bond donors (Lipinski definition) is 1. The number of likely N-dealkylation sites (tertiary alicyclic amines) is 1. The minimum absolute atomic E-state index is 0.0422. The Balaban J connectivity index is 1.89. The van der Waals surface area contributed by atoms with Crippen molar-refractivity contribution in [1.29, 1.82) is 0 Å². The molecule has 1 unspecified atom stereocenters. The van der Waals surface area contributed by atoms with Crippen LogP contribution in [-0.2, 0) is 16.1 Å². The van der Waals surface area contributed by atoms with E-state index < -0.39 is 17.7 Å². The van der Waals surface area contributed by atoms with Crippen molar-refractivity contribution in [3.63, 3.8) is 0 Å². The van der Waals surface area contributed by atoms with Crippen LogP contribution in [0.25, 0.3) is 5.76 Å². The second-order valence-electron chi connectivity index (χ2n) is 7.05. The summed E-state index contributed by atoms with van der Waals surface area (Å²) in [7, 11) is 0. The molecule has 1 aromatic heterocycles. The molecule has 1 amide bonds. The maximum atomic E-state index is 13.0. The summed E-state index contributed by atoms with van der Waals surface area (Å²) in [6.45, 7) is 2.22. The number of benzene rings is 2. The number of aliphatic hydroxyl groups excluding tert-OH is 1. The minimum atomic E-state index is -0.721. The summed E-state index contributed by atoms with van der Waals surface area (Å²) in [5.74, 6) is -1.63. The number of carbonyl (C=O) groups excluding carboxylic acids is 2. The summed E-state index contributed by atoms with van der Waals surface area (Å²) >= 11 is 13.6. The number of amides is 1. The molecule has 3 aromatic rings. The van der Waals surface area contributed by atoms with Crippen LogP contribution in [0, 0.1) is 6.92 Å². The third-order valence-electron chi connectivity index (χ3n) is 5.00. The first-order valence-electron chi connectivity index (χ1n) is 9.19. The van der Waals surface area contributed by atoms with Gasteiger partial charge in [0.25, 0.3) is 11.7 Å². The third kappa shape index (κ3) is 3.76. The number of ketones is 1. The van der Waals surface area contributed by atoms with E-state index in [0.717, 1.165) is 16.0 Å². The molecule has 1 aliphatic heterocycles. The normalized spacial score (nSPS) is 18.2. The zero-order chi connectivity index (χ0) is 21.4. The van der Waals surface area contributed by atoms with Crippen molar-refractivity contribution >= 4 is 52.0 Å². The summed E-state index contributed by atoms with van der Waals surface area (Å²) in [6.07, 6.45) is 0. The molecule has 152 valence electrons. The fraction of sp³-hybridized carbons (Fsp3) is 0.130. The molecule has 2 aromatic carbocycles.